The van der Waals surface area contributed by atoms with Crippen molar-refractivity contribution in [2.24, 2.45) is 5.41 Å². The predicted octanol–water partition coefficient (Wildman–Crippen LogP) is 6.37. The normalized spacial score (nSPS) is 20.4. The maximum absolute atomic E-state index is 13.4. The summed E-state index contributed by atoms with van der Waals surface area (Å²) in [6.07, 6.45) is 11.7. The summed E-state index contributed by atoms with van der Waals surface area (Å²) in [5, 5.41) is 3.81. The number of hydrogen-bond donors (Lipinski definition) is 1. The Kier molecular flexibility index (Phi) is 6.76. The Morgan fingerprint density at radius 2 is 1.68 bits per heavy atom. The minimum atomic E-state index is -2.89. The van der Waals surface area contributed by atoms with Crippen LogP contribution in [0.5, 0.6) is 0 Å². The Labute approximate surface area is 231 Å². The molecule has 40 heavy (non-hydrogen) atoms. The maximum atomic E-state index is 13.4. The van der Waals surface area contributed by atoms with Gasteiger partial charge in [0.2, 0.25) is 0 Å². The molecule has 8 heteroatoms. The lowest BCUT2D eigenvalue weighted by Crippen LogP contribution is -2.56. The van der Waals surface area contributed by atoms with E-state index in [9.17, 15) is 18.4 Å². The average Bonchev–Trinajstić information content (AvgIpc) is 3.58. The lowest BCUT2D eigenvalue weighted by atomic mass is 9.75. The number of rotatable bonds is 9. The van der Waals surface area contributed by atoms with Crippen molar-refractivity contribution in [3.05, 3.63) is 59.9 Å². The van der Waals surface area contributed by atoms with Crippen LogP contribution in [0.2, 0.25) is 0 Å². The van der Waals surface area contributed by atoms with Crippen LogP contribution in [0.25, 0.3) is 22.1 Å². The molecule has 2 aliphatic carbocycles. The van der Waals surface area contributed by atoms with E-state index in [1.807, 2.05) is 30.3 Å². The lowest BCUT2D eigenvalue weighted by molar-refractivity contribution is -0.293. The third-order valence-corrected chi connectivity index (χ3v) is 8.73. The molecule has 0 spiro atoms. The van der Waals surface area contributed by atoms with Crippen molar-refractivity contribution < 1.29 is 32.3 Å². The standard InChI is InChI=1S/C32H31F2NO5/c1-2-30(14-15-30)18-27(36)31(12-4-3-5-13-31)35-28(37)26-17-23-7-6-22(16-25(23)39-26)21-8-10-24(11-9-21)32(19-38-20-32)40-29(33)34/h1,6-11,16-17,29H,3-5,12-15,18-20H2,(H,35,37). The van der Waals surface area contributed by atoms with Crippen molar-refractivity contribution in [1.82, 2.24) is 5.32 Å². The summed E-state index contributed by atoms with van der Waals surface area (Å²) >= 11 is 0. The van der Waals surface area contributed by atoms with Crippen molar-refractivity contribution in [2.75, 3.05) is 13.2 Å². The highest BCUT2D eigenvalue weighted by atomic mass is 19.3. The number of carbonyl (C=O) groups excluding carboxylic acids is 2. The fourth-order valence-electron chi connectivity index (χ4n) is 5.96. The molecule has 1 aliphatic heterocycles. The Morgan fingerprint density at radius 1 is 0.975 bits per heavy atom. The van der Waals surface area contributed by atoms with E-state index in [0.29, 0.717) is 30.4 Å². The van der Waals surface area contributed by atoms with Crippen LogP contribution in [0, 0.1) is 17.8 Å². The Balaban J connectivity index is 1.20. The molecule has 3 aliphatic rings. The zero-order chi connectivity index (χ0) is 28.0. The second kappa shape index (κ2) is 10.1. The zero-order valence-corrected chi connectivity index (χ0v) is 22.1. The van der Waals surface area contributed by atoms with E-state index in [0.717, 1.165) is 48.6 Å². The number of amides is 1. The number of nitrogens with one attached hydrogen (secondary N) is 1. The van der Waals surface area contributed by atoms with E-state index < -0.39 is 23.7 Å². The van der Waals surface area contributed by atoms with Crippen LogP contribution in [-0.4, -0.2) is 37.1 Å². The molecule has 6 rings (SSSR count). The van der Waals surface area contributed by atoms with Gasteiger partial charge in [-0.2, -0.15) is 8.78 Å². The first-order valence-electron chi connectivity index (χ1n) is 13.8. The van der Waals surface area contributed by atoms with Gasteiger partial charge in [0, 0.05) is 17.2 Å². The van der Waals surface area contributed by atoms with Gasteiger partial charge >= 0.3 is 6.61 Å². The molecule has 0 radical (unpaired) electrons. The number of ether oxygens (including phenoxy) is 2. The molecule has 2 aromatic carbocycles. The minimum absolute atomic E-state index is 0.0204. The average molecular weight is 548 g/mol. The number of carbonyl (C=O) groups is 2. The fourth-order valence-corrected chi connectivity index (χ4v) is 5.96. The van der Waals surface area contributed by atoms with Crippen LogP contribution in [0.15, 0.2) is 52.9 Å². The van der Waals surface area contributed by atoms with E-state index in [-0.39, 0.29) is 30.2 Å². The molecule has 2 heterocycles. The van der Waals surface area contributed by atoms with Gasteiger partial charge in [0.05, 0.1) is 18.8 Å². The van der Waals surface area contributed by atoms with E-state index in [2.05, 4.69) is 11.2 Å². The molecule has 6 nitrogen and oxygen atoms in total. The highest BCUT2D eigenvalue weighted by Crippen LogP contribution is 2.49. The molecule has 0 atom stereocenters. The number of hydrogen-bond acceptors (Lipinski definition) is 5. The van der Waals surface area contributed by atoms with E-state index in [1.165, 1.54) is 0 Å². The van der Waals surface area contributed by atoms with Crippen LogP contribution < -0.4 is 5.32 Å². The van der Waals surface area contributed by atoms with E-state index in [1.54, 1.807) is 18.2 Å². The number of benzene rings is 2. The summed E-state index contributed by atoms with van der Waals surface area (Å²) in [5.41, 5.74) is 0.475. The smallest absolute Gasteiger partial charge is 0.346 e. The molecular weight excluding hydrogens is 516 g/mol. The number of terminal acetylenes is 1. The summed E-state index contributed by atoms with van der Waals surface area (Å²) in [5.74, 6) is 2.55. The second-order valence-electron chi connectivity index (χ2n) is 11.4. The summed E-state index contributed by atoms with van der Waals surface area (Å²) < 4.78 is 41.8. The van der Waals surface area contributed by atoms with Crippen LogP contribution in [0.1, 0.15) is 67.5 Å². The highest BCUT2D eigenvalue weighted by Gasteiger charge is 2.49. The fraction of sp³-hybridized carbons (Fsp3) is 0.438. The Morgan fingerprint density at radius 3 is 2.27 bits per heavy atom. The highest BCUT2D eigenvalue weighted by molar-refractivity contribution is 6.01. The number of alkyl halides is 2. The first-order chi connectivity index (χ1) is 19.3. The van der Waals surface area contributed by atoms with Gasteiger partial charge in [-0.25, -0.2) is 0 Å². The largest absolute Gasteiger partial charge is 0.451 e. The summed E-state index contributed by atoms with van der Waals surface area (Å²) in [7, 11) is 0. The number of furan rings is 1. The molecule has 0 bridgehead atoms. The lowest BCUT2D eigenvalue weighted by Gasteiger charge is -2.41. The topological polar surface area (TPSA) is 77.8 Å². The van der Waals surface area contributed by atoms with Crippen LogP contribution >= 0.6 is 0 Å². The molecule has 3 aromatic rings. The number of halogens is 2. The molecular formula is C32H31F2NO5. The molecule has 3 fully saturated rings. The van der Waals surface area contributed by atoms with Crippen molar-refractivity contribution in [1.29, 1.82) is 0 Å². The van der Waals surface area contributed by atoms with Crippen molar-refractivity contribution >= 4 is 22.7 Å². The second-order valence-corrected chi connectivity index (χ2v) is 11.4. The molecule has 1 aromatic heterocycles. The number of fused-ring (bicyclic) bond motifs is 1. The summed E-state index contributed by atoms with van der Waals surface area (Å²) in [6.45, 7) is -2.73. The van der Waals surface area contributed by atoms with Crippen LogP contribution in [0.3, 0.4) is 0 Å². The molecule has 208 valence electrons. The molecule has 0 unspecified atom stereocenters. The monoisotopic (exact) mass is 547 g/mol. The molecule has 1 amide bonds. The van der Waals surface area contributed by atoms with Gasteiger partial charge in [0.1, 0.15) is 11.2 Å². The van der Waals surface area contributed by atoms with Crippen molar-refractivity contribution in [3.8, 4) is 23.5 Å². The van der Waals surface area contributed by atoms with Gasteiger partial charge in [0.25, 0.3) is 5.91 Å². The van der Waals surface area contributed by atoms with Gasteiger partial charge in [-0.05, 0) is 54.5 Å². The van der Waals surface area contributed by atoms with Crippen molar-refractivity contribution in [3.63, 3.8) is 0 Å². The van der Waals surface area contributed by atoms with E-state index in [4.69, 9.17) is 20.3 Å². The van der Waals surface area contributed by atoms with Gasteiger partial charge in [-0.15, -0.1) is 6.42 Å². The third kappa shape index (κ3) is 4.93. The first kappa shape index (κ1) is 26.7. The quantitative estimate of drug-likeness (QED) is 0.315. The van der Waals surface area contributed by atoms with Crippen LogP contribution in [0.4, 0.5) is 8.78 Å². The van der Waals surface area contributed by atoms with Gasteiger partial charge < -0.3 is 19.2 Å². The number of ketones is 1. The van der Waals surface area contributed by atoms with Crippen molar-refractivity contribution in [2.45, 2.75) is 69.1 Å². The summed E-state index contributed by atoms with van der Waals surface area (Å²) in [4.78, 5) is 26.8. The predicted molar refractivity (Wildman–Crippen MR) is 145 cm³/mol. The third-order valence-electron chi connectivity index (χ3n) is 8.73. The van der Waals surface area contributed by atoms with Crippen LogP contribution in [-0.2, 0) is 19.9 Å². The molecule has 1 N–H and O–H groups in total. The Hall–Kier alpha value is -3.54. The van der Waals surface area contributed by atoms with Gasteiger partial charge in [0.15, 0.2) is 11.5 Å². The zero-order valence-electron chi connectivity index (χ0n) is 22.1. The van der Waals surface area contributed by atoms with Gasteiger partial charge in [-0.3, -0.25) is 9.59 Å². The van der Waals surface area contributed by atoms with E-state index >= 15 is 0 Å². The molecule has 1 saturated heterocycles. The Bertz CT molecular complexity index is 1470. The molecule has 2 saturated carbocycles. The maximum Gasteiger partial charge on any atom is 0.346 e. The SMILES string of the molecule is C#CC1(CC(=O)C2(NC(=O)c3cc4ccc(-c5ccc(C6(OC(F)F)COC6)cc5)cc4o3)CCCCC2)CC1. The summed E-state index contributed by atoms with van der Waals surface area (Å²) in [6, 6.07) is 14.5. The first-order valence-corrected chi connectivity index (χ1v) is 13.8. The number of Topliss-reactive ketones (excluding diaryl/α,β-unsaturated/α-hetero) is 1. The van der Waals surface area contributed by atoms with Gasteiger partial charge in [-0.1, -0.05) is 61.6 Å². The minimum Gasteiger partial charge on any atom is -0.451 e.